The average molecular weight is 307 g/mol. The van der Waals surface area contributed by atoms with Gasteiger partial charge >= 0.3 is 0 Å². The van der Waals surface area contributed by atoms with Crippen LogP contribution in [0.4, 0.5) is 0 Å². The Labute approximate surface area is 134 Å². The van der Waals surface area contributed by atoms with Crippen LogP contribution in [-0.4, -0.2) is 35.1 Å². The molecule has 0 unspecified atom stereocenters. The number of rotatable bonds is 6. The zero-order valence-electron chi connectivity index (χ0n) is 12.8. The van der Waals surface area contributed by atoms with Crippen LogP contribution in [0.1, 0.15) is 11.3 Å². The Bertz CT molecular complexity index is 852. The Morgan fingerprint density at radius 1 is 1.35 bits per heavy atom. The zero-order chi connectivity index (χ0) is 16.1. The van der Waals surface area contributed by atoms with Crippen LogP contribution in [0.15, 0.2) is 53.8 Å². The number of carbonyl (C=O) groups is 1. The van der Waals surface area contributed by atoms with Crippen molar-refractivity contribution in [2.45, 2.75) is 6.92 Å². The molecule has 0 fully saturated rings. The van der Waals surface area contributed by atoms with Gasteiger partial charge in [0.15, 0.2) is 5.78 Å². The topological polar surface area (TPSA) is 67.3 Å². The maximum Gasteiger partial charge on any atom is 0.191 e. The summed E-state index contributed by atoms with van der Waals surface area (Å²) in [5, 5.41) is 1.15. The van der Waals surface area contributed by atoms with E-state index in [4.69, 9.17) is 4.74 Å². The molecule has 0 radical (unpaired) electrons. The molecule has 2 heterocycles. The minimum Gasteiger partial charge on any atom is -0.484 e. The van der Waals surface area contributed by atoms with E-state index in [1.54, 1.807) is 24.5 Å². The molecule has 1 aromatic carbocycles. The molecule has 116 valence electrons. The normalized spacial score (nSPS) is 11.2. The SMILES string of the molecule is Cc1ncccc1OCC(=O)CN=Cc1ccc2cc[nH]c2c1. The fourth-order valence-electron chi connectivity index (χ4n) is 2.22. The molecule has 2 aromatic heterocycles. The number of benzene rings is 1. The molecule has 23 heavy (non-hydrogen) atoms. The lowest BCUT2D eigenvalue weighted by atomic mass is 10.2. The molecule has 0 bridgehead atoms. The second kappa shape index (κ2) is 6.87. The maximum atomic E-state index is 11.8. The van der Waals surface area contributed by atoms with E-state index in [1.807, 2.05) is 37.4 Å². The van der Waals surface area contributed by atoms with Gasteiger partial charge in [0.05, 0.1) is 5.69 Å². The number of fused-ring (bicyclic) bond motifs is 1. The average Bonchev–Trinajstić information content (AvgIpc) is 3.02. The number of hydrogen-bond acceptors (Lipinski definition) is 4. The minimum atomic E-state index is -0.0783. The predicted octanol–water partition coefficient (Wildman–Crippen LogP) is 2.94. The largest absolute Gasteiger partial charge is 0.484 e. The van der Waals surface area contributed by atoms with Crippen LogP contribution in [0.3, 0.4) is 0 Å². The first-order chi connectivity index (χ1) is 11.2. The summed E-state index contributed by atoms with van der Waals surface area (Å²) in [6.45, 7) is 1.94. The Hall–Kier alpha value is -2.95. The van der Waals surface area contributed by atoms with Crippen molar-refractivity contribution in [3.63, 3.8) is 0 Å². The van der Waals surface area contributed by atoms with Gasteiger partial charge in [-0.2, -0.15) is 0 Å². The number of H-pyrrole nitrogens is 1. The summed E-state index contributed by atoms with van der Waals surface area (Å²) in [6, 6.07) is 11.6. The standard InChI is InChI=1S/C18H17N3O2/c1-13-18(3-2-7-20-13)23-12-16(22)11-19-10-14-4-5-15-6-8-21-17(15)9-14/h2-10,21H,11-12H2,1H3. The molecule has 1 N–H and O–H groups in total. The summed E-state index contributed by atoms with van der Waals surface area (Å²) in [5.41, 5.74) is 2.77. The fourth-order valence-corrected chi connectivity index (χ4v) is 2.22. The van der Waals surface area contributed by atoms with E-state index in [-0.39, 0.29) is 18.9 Å². The number of pyridine rings is 1. The lowest BCUT2D eigenvalue weighted by Gasteiger charge is -2.06. The second-order valence-electron chi connectivity index (χ2n) is 5.21. The van der Waals surface area contributed by atoms with Crippen LogP contribution in [0, 0.1) is 6.92 Å². The zero-order valence-corrected chi connectivity index (χ0v) is 12.8. The number of ketones is 1. The van der Waals surface area contributed by atoms with Gasteiger partial charge in [0, 0.05) is 24.1 Å². The van der Waals surface area contributed by atoms with Crippen LogP contribution in [0.2, 0.25) is 0 Å². The van der Waals surface area contributed by atoms with Gasteiger partial charge in [0.1, 0.15) is 18.9 Å². The van der Waals surface area contributed by atoms with Crippen molar-refractivity contribution in [3.05, 3.63) is 60.0 Å². The molecule has 0 amide bonds. The Balaban J connectivity index is 1.53. The number of hydrogen-bond donors (Lipinski definition) is 1. The monoisotopic (exact) mass is 307 g/mol. The molecule has 0 aliphatic heterocycles. The third-order valence-electron chi connectivity index (χ3n) is 3.43. The van der Waals surface area contributed by atoms with Gasteiger partial charge in [-0.25, -0.2) is 0 Å². The summed E-state index contributed by atoms with van der Waals surface area (Å²) in [5.74, 6) is 0.549. The highest BCUT2D eigenvalue weighted by Gasteiger charge is 2.04. The molecule has 0 saturated heterocycles. The van der Waals surface area contributed by atoms with E-state index in [0.29, 0.717) is 5.75 Å². The van der Waals surface area contributed by atoms with Crippen LogP contribution in [0.5, 0.6) is 5.75 Å². The van der Waals surface area contributed by atoms with E-state index in [2.05, 4.69) is 15.0 Å². The molecule has 0 aliphatic rings. The van der Waals surface area contributed by atoms with Crippen molar-refractivity contribution >= 4 is 22.9 Å². The molecular weight excluding hydrogens is 290 g/mol. The number of ether oxygens (including phenoxy) is 1. The van der Waals surface area contributed by atoms with Gasteiger partial charge in [-0.1, -0.05) is 12.1 Å². The van der Waals surface area contributed by atoms with Crippen LogP contribution >= 0.6 is 0 Å². The molecule has 0 spiro atoms. The van der Waals surface area contributed by atoms with Gasteiger partial charge in [-0.15, -0.1) is 0 Å². The van der Waals surface area contributed by atoms with Gasteiger partial charge in [-0.3, -0.25) is 14.8 Å². The second-order valence-corrected chi connectivity index (χ2v) is 5.21. The Kier molecular flexibility index (Phi) is 4.47. The van der Waals surface area contributed by atoms with E-state index >= 15 is 0 Å². The molecule has 0 atom stereocenters. The van der Waals surface area contributed by atoms with E-state index in [9.17, 15) is 4.79 Å². The Morgan fingerprint density at radius 2 is 2.26 bits per heavy atom. The van der Waals surface area contributed by atoms with Crippen LogP contribution < -0.4 is 4.74 Å². The molecule has 0 saturated carbocycles. The van der Waals surface area contributed by atoms with E-state index in [0.717, 1.165) is 22.2 Å². The lowest BCUT2D eigenvalue weighted by Crippen LogP contribution is -2.14. The molecule has 5 nitrogen and oxygen atoms in total. The third-order valence-corrected chi connectivity index (χ3v) is 3.43. The van der Waals surface area contributed by atoms with Crippen LogP contribution in [0.25, 0.3) is 10.9 Å². The number of nitrogens with one attached hydrogen (secondary N) is 1. The smallest absolute Gasteiger partial charge is 0.191 e. The number of aromatic nitrogens is 2. The first kappa shape index (κ1) is 15.0. The predicted molar refractivity (Wildman–Crippen MR) is 90.2 cm³/mol. The minimum absolute atomic E-state index is 0.000460. The van der Waals surface area contributed by atoms with Crippen molar-refractivity contribution in [3.8, 4) is 5.75 Å². The highest BCUT2D eigenvalue weighted by Crippen LogP contribution is 2.14. The lowest BCUT2D eigenvalue weighted by molar-refractivity contribution is -0.119. The number of aryl methyl sites for hydroxylation is 1. The molecular formula is C18H17N3O2. The number of aliphatic imine (C=N–C) groups is 1. The fraction of sp³-hybridized carbons (Fsp3) is 0.167. The van der Waals surface area contributed by atoms with Gasteiger partial charge < -0.3 is 9.72 Å². The number of aromatic amines is 1. The van der Waals surface area contributed by atoms with Crippen molar-refractivity contribution in [2.75, 3.05) is 13.2 Å². The maximum absolute atomic E-state index is 11.8. The van der Waals surface area contributed by atoms with E-state index < -0.39 is 0 Å². The summed E-state index contributed by atoms with van der Waals surface area (Å²) < 4.78 is 5.46. The molecule has 3 rings (SSSR count). The van der Waals surface area contributed by atoms with Gasteiger partial charge in [-0.05, 0) is 42.1 Å². The number of nitrogens with zero attached hydrogens (tertiary/aromatic N) is 2. The molecule has 0 aliphatic carbocycles. The number of Topliss-reactive ketones (excluding diaryl/α,β-unsaturated/α-hetero) is 1. The van der Waals surface area contributed by atoms with Crippen molar-refractivity contribution in [1.82, 2.24) is 9.97 Å². The first-order valence-electron chi connectivity index (χ1n) is 7.35. The van der Waals surface area contributed by atoms with Gasteiger partial charge in [0.25, 0.3) is 0 Å². The van der Waals surface area contributed by atoms with Gasteiger partial charge in [0.2, 0.25) is 0 Å². The van der Waals surface area contributed by atoms with Crippen LogP contribution in [-0.2, 0) is 4.79 Å². The van der Waals surface area contributed by atoms with Crippen molar-refractivity contribution in [2.24, 2.45) is 4.99 Å². The Morgan fingerprint density at radius 3 is 3.13 bits per heavy atom. The van der Waals surface area contributed by atoms with Crippen molar-refractivity contribution < 1.29 is 9.53 Å². The quantitative estimate of drug-likeness (QED) is 0.712. The summed E-state index contributed by atoms with van der Waals surface area (Å²) in [7, 11) is 0. The van der Waals surface area contributed by atoms with Crippen molar-refractivity contribution in [1.29, 1.82) is 0 Å². The summed E-state index contributed by atoms with van der Waals surface area (Å²) >= 11 is 0. The summed E-state index contributed by atoms with van der Waals surface area (Å²) in [4.78, 5) is 23.3. The molecule has 5 heteroatoms. The summed E-state index contributed by atoms with van der Waals surface area (Å²) in [6.07, 6.45) is 5.29. The highest BCUT2D eigenvalue weighted by atomic mass is 16.5. The van der Waals surface area contributed by atoms with E-state index in [1.165, 1.54) is 0 Å². The highest BCUT2D eigenvalue weighted by molar-refractivity contribution is 5.90. The number of carbonyl (C=O) groups excluding carboxylic acids is 1. The molecule has 3 aromatic rings. The third kappa shape index (κ3) is 3.83. The first-order valence-corrected chi connectivity index (χ1v) is 7.35.